The zero-order chi connectivity index (χ0) is 18.8. The predicted molar refractivity (Wildman–Crippen MR) is 98.6 cm³/mol. The first kappa shape index (κ1) is 17.5. The van der Waals surface area contributed by atoms with Gasteiger partial charge in [-0.2, -0.15) is 0 Å². The van der Waals surface area contributed by atoms with Gasteiger partial charge in [-0.15, -0.1) is 10.2 Å². The van der Waals surface area contributed by atoms with Crippen molar-refractivity contribution in [1.29, 1.82) is 0 Å². The lowest BCUT2D eigenvalue weighted by Crippen LogP contribution is -2.28. The molecule has 0 bridgehead atoms. The Morgan fingerprint density at radius 1 is 1.19 bits per heavy atom. The third-order valence-corrected chi connectivity index (χ3v) is 4.83. The Morgan fingerprint density at radius 2 is 2.00 bits per heavy atom. The van der Waals surface area contributed by atoms with Crippen molar-refractivity contribution in [2.45, 2.75) is 12.8 Å². The number of aromatic nitrogens is 4. The van der Waals surface area contributed by atoms with E-state index in [0.29, 0.717) is 36.5 Å². The van der Waals surface area contributed by atoms with E-state index in [-0.39, 0.29) is 17.0 Å². The first-order valence-corrected chi connectivity index (χ1v) is 8.85. The number of carbonyl (C=O) groups is 1. The SMILES string of the molecule is O=C1[C@@H](Cc2cnc(Cl)c(F)c2)CCN1c1ccc(-c2ccncc2)nn1. The summed E-state index contributed by atoms with van der Waals surface area (Å²) < 4.78 is 13.6. The van der Waals surface area contributed by atoms with Crippen molar-refractivity contribution >= 4 is 23.3 Å². The fourth-order valence-corrected chi connectivity index (χ4v) is 3.26. The summed E-state index contributed by atoms with van der Waals surface area (Å²) >= 11 is 5.61. The number of hydrogen-bond donors (Lipinski definition) is 0. The number of anilines is 1. The molecule has 1 atom stereocenters. The second-order valence-corrected chi connectivity index (χ2v) is 6.67. The highest BCUT2D eigenvalue weighted by Gasteiger charge is 2.33. The predicted octanol–water partition coefficient (Wildman–Crippen LogP) is 3.32. The van der Waals surface area contributed by atoms with Crippen LogP contribution in [0.4, 0.5) is 10.2 Å². The van der Waals surface area contributed by atoms with Crippen LogP contribution in [0.2, 0.25) is 5.15 Å². The lowest BCUT2D eigenvalue weighted by molar-refractivity contribution is -0.120. The van der Waals surface area contributed by atoms with Crippen LogP contribution in [-0.2, 0) is 11.2 Å². The van der Waals surface area contributed by atoms with Crippen LogP contribution in [0, 0.1) is 11.7 Å². The molecular formula is C19H15ClFN5O. The summed E-state index contributed by atoms with van der Waals surface area (Å²) in [7, 11) is 0. The molecule has 8 heteroatoms. The molecule has 0 aliphatic carbocycles. The van der Waals surface area contributed by atoms with Gasteiger partial charge in [-0.3, -0.25) is 14.7 Å². The van der Waals surface area contributed by atoms with Crippen LogP contribution < -0.4 is 4.90 Å². The molecule has 0 radical (unpaired) electrons. The van der Waals surface area contributed by atoms with Crippen molar-refractivity contribution in [3.63, 3.8) is 0 Å². The van der Waals surface area contributed by atoms with Crippen LogP contribution in [0.15, 0.2) is 48.9 Å². The van der Waals surface area contributed by atoms with Crippen molar-refractivity contribution in [3.05, 3.63) is 65.5 Å². The first-order chi connectivity index (χ1) is 13.1. The normalized spacial score (nSPS) is 16.7. The van der Waals surface area contributed by atoms with Crippen molar-refractivity contribution in [2.75, 3.05) is 11.4 Å². The van der Waals surface area contributed by atoms with Gasteiger partial charge in [0.1, 0.15) is 0 Å². The molecule has 3 aromatic rings. The van der Waals surface area contributed by atoms with Crippen molar-refractivity contribution in [2.24, 2.45) is 5.92 Å². The summed E-state index contributed by atoms with van der Waals surface area (Å²) in [5.41, 5.74) is 2.27. The number of pyridine rings is 2. The van der Waals surface area contributed by atoms with Crippen LogP contribution in [0.25, 0.3) is 11.3 Å². The summed E-state index contributed by atoms with van der Waals surface area (Å²) in [5.74, 6) is -0.347. The maximum atomic E-state index is 13.6. The molecule has 27 heavy (non-hydrogen) atoms. The van der Waals surface area contributed by atoms with Crippen LogP contribution in [0.5, 0.6) is 0 Å². The molecule has 0 spiro atoms. The fourth-order valence-electron chi connectivity index (χ4n) is 3.16. The van der Waals surface area contributed by atoms with Crippen molar-refractivity contribution in [3.8, 4) is 11.3 Å². The van der Waals surface area contributed by atoms with E-state index in [1.165, 1.54) is 12.3 Å². The van der Waals surface area contributed by atoms with E-state index >= 15 is 0 Å². The van der Waals surface area contributed by atoms with E-state index in [2.05, 4.69) is 20.2 Å². The standard InChI is InChI=1S/C19H15ClFN5O/c20-18-15(21)10-12(11-23-18)9-14-5-8-26(19(14)27)17-2-1-16(24-25-17)13-3-6-22-7-4-13/h1-4,6-7,10-11,14H,5,8-9H2/t14-/m1/s1. The zero-order valence-corrected chi connectivity index (χ0v) is 15.0. The quantitative estimate of drug-likeness (QED) is 0.646. The number of rotatable bonds is 4. The maximum absolute atomic E-state index is 13.6. The summed E-state index contributed by atoms with van der Waals surface area (Å²) in [6.45, 7) is 0.552. The Labute approximate surface area is 160 Å². The van der Waals surface area contributed by atoms with Gasteiger partial charge in [-0.25, -0.2) is 9.37 Å². The number of amides is 1. The Morgan fingerprint density at radius 3 is 2.70 bits per heavy atom. The van der Waals surface area contributed by atoms with E-state index in [9.17, 15) is 9.18 Å². The minimum absolute atomic E-state index is 0.0451. The third-order valence-electron chi connectivity index (χ3n) is 4.55. The minimum atomic E-state index is -0.575. The van der Waals surface area contributed by atoms with Gasteiger partial charge >= 0.3 is 0 Å². The molecule has 0 aromatic carbocycles. The highest BCUT2D eigenvalue weighted by Crippen LogP contribution is 2.27. The second-order valence-electron chi connectivity index (χ2n) is 6.31. The number of carbonyl (C=O) groups excluding carboxylic acids is 1. The van der Waals surface area contributed by atoms with E-state index in [1.807, 2.05) is 18.2 Å². The van der Waals surface area contributed by atoms with Crippen molar-refractivity contribution in [1.82, 2.24) is 20.2 Å². The number of halogens is 2. The fraction of sp³-hybridized carbons (Fsp3) is 0.211. The molecule has 0 unspecified atom stereocenters. The van der Waals surface area contributed by atoms with Gasteiger partial charge in [0.25, 0.3) is 0 Å². The highest BCUT2D eigenvalue weighted by molar-refractivity contribution is 6.29. The number of hydrogen-bond acceptors (Lipinski definition) is 5. The third kappa shape index (κ3) is 3.64. The molecule has 1 fully saturated rings. The van der Waals surface area contributed by atoms with Crippen LogP contribution in [0.1, 0.15) is 12.0 Å². The molecule has 1 aliphatic rings. The molecule has 0 saturated carbocycles. The van der Waals surface area contributed by atoms with Gasteiger partial charge < -0.3 is 0 Å². The number of nitrogens with zero attached hydrogens (tertiary/aromatic N) is 5. The zero-order valence-electron chi connectivity index (χ0n) is 14.2. The molecule has 1 saturated heterocycles. The molecule has 0 N–H and O–H groups in total. The molecule has 1 amide bonds. The van der Waals surface area contributed by atoms with E-state index < -0.39 is 5.82 Å². The molecule has 136 valence electrons. The smallest absolute Gasteiger partial charge is 0.231 e. The summed E-state index contributed by atoms with van der Waals surface area (Å²) in [6, 6.07) is 8.64. The molecule has 3 aromatic heterocycles. The summed E-state index contributed by atoms with van der Waals surface area (Å²) in [5, 5.41) is 8.25. The van der Waals surface area contributed by atoms with Gasteiger partial charge in [0.05, 0.1) is 5.69 Å². The van der Waals surface area contributed by atoms with E-state index in [0.717, 1.165) is 5.56 Å². The second kappa shape index (κ2) is 7.36. The molecule has 1 aliphatic heterocycles. The first-order valence-electron chi connectivity index (χ1n) is 8.47. The average Bonchev–Trinajstić information content (AvgIpc) is 3.06. The topological polar surface area (TPSA) is 71.9 Å². The van der Waals surface area contributed by atoms with Gasteiger partial charge in [0, 0.05) is 36.6 Å². The molecular weight excluding hydrogens is 369 g/mol. The Balaban J connectivity index is 1.47. The maximum Gasteiger partial charge on any atom is 0.231 e. The largest absolute Gasteiger partial charge is 0.295 e. The Hall–Kier alpha value is -2.93. The van der Waals surface area contributed by atoms with Crippen LogP contribution >= 0.6 is 11.6 Å². The summed E-state index contributed by atoms with van der Waals surface area (Å²) in [6.07, 6.45) is 5.96. The average molecular weight is 384 g/mol. The van der Waals surface area contributed by atoms with Gasteiger partial charge in [0.15, 0.2) is 16.8 Å². The Bertz CT molecular complexity index is 968. The summed E-state index contributed by atoms with van der Waals surface area (Å²) in [4.78, 5) is 22.1. The van der Waals surface area contributed by atoms with Gasteiger partial charge in [-0.05, 0) is 48.7 Å². The molecule has 4 rings (SSSR count). The Kier molecular flexibility index (Phi) is 4.77. The van der Waals surface area contributed by atoms with Crippen LogP contribution in [-0.4, -0.2) is 32.6 Å². The molecule has 6 nitrogen and oxygen atoms in total. The minimum Gasteiger partial charge on any atom is -0.295 e. The molecule has 4 heterocycles. The van der Waals surface area contributed by atoms with E-state index in [4.69, 9.17) is 11.6 Å². The van der Waals surface area contributed by atoms with E-state index in [1.54, 1.807) is 23.4 Å². The monoisotopic (exact) mass is 383 g/mol. The van der Waals surface area contributed by atoms with Gasteiger partial charge in [-0.1, -0.05) is 11.6 Å². The van der Waals surface area contributed by atoms with Gasteiger partial charge in [0.2, 0.25) is 5.91 Å². The van der Waals surface area contributed by atoms with Crippen LogP contribution in [0.3, 0.4) is 0 Å². The lowest BCUT2D eigenvalue weighted by Gasteiger charge is -2.15. The lowest BCUT2D eigenvalue weighted by atomic mass is 9.99. The highest BCUT2D eigenvalue weighted by atomic mass is 35.5. The van der Waals surface area contributed by atoms with Crippen molar-refractivity contribution < 1.29 is 9.18 Å².